The van der Waals surface area contributed by atoms with Gasteiger partial charge in [-0.1, -0.05) is 58.2 Å². The number of rotatable bonds is 4. The van der Waals surface area contributed by atoms with Crippen LogP contribution in [0.3, 0.4) is 0 Å². The summed E-state index contributed by atoms with van der Waals surface area (Å²) in [7, 11) is 0. The molecule has 0 aliphatic carbocycles. The highest BCUT2D eigenvalue weighted by atomic mass is 35.5. The molecule has 0 N–H and O–H groups in total. The molecular weight excluding hydrogens is 398 g/mol. The lowest BCUT2D eigenvalue weighted by Gasteiger charge is -2.00. The van der Waals surface area contributed by atoms with Crippen molar-refractivity contribution in [2.45, 2.75) is 9.79 Å². The molecule has 0 aliphatic heterocycles. The van der Waals surface area contributed by atoms with Crippen molar-refractivity contribution < 1.29 is 0 Å². The van der Waals surface area contributed by atoms with Crippen molar-refractivity contribution in [1.82, 2.24) is 0 Å². The minimum atomic E-state index is 0.565. The van der Waals surface area contributed by atoms with E-state index in [2.05, 4.69) is 11.8 Å². The fourth-order valence-electron chi connectivity index (χ4n) is 1.47. The predicted octanol–water partition coefficient (Wildman–Crippen LogP) is 7.19. The average molecular weight is 408 g/mol. The lowest BCUT2D eigenvalue weighted by atomic mass is 10.4. The summed E-state index contributed by atoms with van der Waals surface area (Å²) in [5.74, 6) is 7.66. The predicted molar refractivity (Wildman–Crippen MR) is 102 cm³/mol. The van der Waals surface area contributed by atoms with E-state index in [1.165, 1.54) is 0 Å². The minimum absolute atomic E-state index is 0.565. The van der Waals surface area contributed by atoms with Crippen molar-refractivity contribution in [2.24, 2.45) is 0 Å². The third-order valence-electron chi connectivity index (χ3n) is 2.53. The highest BCUT2D eigenvalue weighted by molar-refractivity contribution is 7.99. The summed E-state index contributed by atoms with van der Waals surface area (Å²) in [6, 6.07) is 11.1. The second kappa shape index (κ2) is 9.23. The molecule has 0 aliphatic rings. The van der Waals surface area contributed by atoms with Crippen LogP contribution >= 0.6 is 69.9 Å². The van der Waals surface area contributed by atoms with Crippen LogP contribution in [-0.2, 0) is 0 Å². The van der Waals surface area contributed by atoms with E-state index in [1.54, 1.807) is 35.7 Å². The lowest BCUT2D eigenvalue weighted by Crippen LogP contribution is -1.78. The van der Waals surface area contributed by atoms with Gasteiger partial charge >= 0.3 is 0 Å². The van der Waals surface area contributed by atoms with Crippen LogP contribution in [0.1, 0.15) is 0 Å². The monoisotopic (exact) mass is 406 g/mol. The Hall–Kier alpha value is -0.140. The van der Waals surface area contributed by atoms with E-state index >= 15 is 0 Å². The van der Waals surface area contributed by atoms with Gasteiger partial charge in [0.25, 0.3) is 0 Å². The Morgan fingerprint density at radius 2 is 1.05 bits per heavy atom. The second-order valence-corrected chi connectivity index (χ2v) is 7.81. The Morgan fingerprint density at radius 1 is 0.636 bits per heavy atom. The molecule has 2 aromatic carbocycles. The molecule has 2 aromatic rings. The number of hydrogen-bond acceptors (Lipinski definition) is 2. The smallest absolute Gasteiger partial charge is 0.0603 e. The van der Waals surface area contributed by atoms with Crippen LogP contribution in [0.5, 0.6) is 0 Å². The molecule has 0 spiro atoms. The first-order valence-electron chi connectivity index (χ1n) is 6.17. The molecule has 0 bridgehead atoms. The summed E-state index contributed by atoms with van der Waals surface area (Å²) < 4.78 is 0. The first-order chi connectivity index (χ1) is 10.6. The zero-order valence-corrected chi connectivity index (χ0v) is 15.9. The molecule has 22 heavy (non-hydrogen) atoms. The Balaban J connectivity index is 1.77. The van der Waals surface area contributed by atoms with Crippen LogP contribution in [-0.4, -0.2) is 11.5 Å². The topological polar surface area (TPSA) is 0 Å². The van der Waals surface area contributed by atoms with Crippen molar-refractivity contribution in [3.05, 3.63) is 56.5 Å². The molecule has 0 saturated heterocycles. The Bertz CT molecular complexity index is 660. The van der Waals surface area contributed by atoms with Crippen LogP contribution in [0, 0.1) is 11.8 Å². The van der Waals surface area contributed by atoms with Gasteiger partial charge in [-0.2, -0.15) is 0 Å². The van der Waals surface area contributed by atoms with E-state index in [1.807, 2.05) is 24.3 Å². The molecule has 0 unspecified atom stereocenters. The van der Waals surface area contributed by atoms with Gasteiger partial charge in [0.2, 0.25) is 0 Å². The van der Waals surface area contributed by atoms with E-state index in [0.717, 1.165) is 9.79 Å². The van der Waals surface area contributed by atoms with Crippen LogP contribution in [0.2, 0.25) is 20.1 Å². The van der Waals surface area contributed by atoms with Gasteiger partial charge in [-0.3, -0.25) is 0 Å². The quantitative estimate of drug-likeness (QED) is 0.388. The van der Waals surface area contributed by atoms with Gasteiger partial charge in [0.15, 0.2) is 0 Å². The van der Waals surface area contributed by atoms with Gasteiger partial charge < -0.3 is 0 Å². The first-order valence-corrected chi connectivity index (χ1v) is 9.66. The van der Waals surface area contributed by atoms with Crippen molar-refractivity contribution in [2.75, 3.05) is 11.5 Å². The van der Waals surface area contributed by atoms with Crippen molar-refractivity contribution in [1.29, 1.82) is 0 Å². The minimum Gasteiger partial charge on any atom is -0.113 e. The molecule has 0 nitrogen and oxygen atoms in total. The maximum Gasteiger partial charge on any atom is 0.0603 e. The van der Waals surface area contributed by atoms with Gasteiger partial charge in [0.1, 0.15) is 0 Å². The molecular formula is C16H10Cl4S2. The van der Waals surface area contributed by atoms with Gasteiger partial charge in [-0.05, 0) is 36.4 Å². The summed E-state index contributed by atoms with van der Waals surface area (Å²) >= 11 is 26.9. The molecule has 0 fully saturated rings. The van der Waals surface area contributed by atoms with Crippen molar-refractivity contribution in [3.63, 3.8) is 0 Å². The molecule has 0 radical (unpaired) electrons. The van der Waals surface area contributed by atoms with Gasteiger partial charge in [-0.15, -0.1) is 23.5 Å². The van der Waals surface area contributed by atoms with Crippen molar-refractivity contribution in [3.8, 4) is 11.8 Å². The normalized spacial score (nSPS) is 10.2. The number of hydrogen-bond donors (Lipinski definition) is 0. The summed E-state index contributed by atoms with van der Waals surface area (Å²) in [4.78, 5) is 2.11. The SMILES string of the molecule is Clc1ccc(SCC#CCSc2ccc(Cl)c(Cl)c2)cc1Cl. The van der Waals surface area contributed by atoms with Gasteiger partial charge in [0, 0.05) is 9.79 Å². The number of benzene rings is 2. The summed E-state index contributed by atoms with van der Waals surface area (Å²) in [6.07, 6.45) is 0. The lowest BCUT2D eigenvalue weighted by molar-refractivity contribution is 1.46. The highest BCUT2D eigenvalue weighted by Gasteiger charge is 2.00. The zero-order valence-electron chi connectivity index (χ0n) is 11.2. The van der Waals surface area contributed by atoms with Gasteiger partial charge in [-0.25, -0.2) is 0 Å². The third-order valence-corrected chi connectivity index (χ3v) is 5.76. The van der Waals surface area contributed by atoms with E-state index in [4.69, 9.17) is 46.4 Å². The Labute approximate surface area is 158 Å². The van der Waals surface area contributed by atoms with E-state index in [-0.39, 0.29) is 0 Å². The third kappa shape index (κ3) is 5.81. The maximum atomic E-state index is 5.96. The zero-order chi connectivity index (χ0) is 15.9. The van der Waals surface area contributed by atoms with E-state index in [9.17, 15) is 0 Å². The summed E-state index contributed by atoms with van der Waals surface area (Å²) in [6.45, 7) is 0. The standard InChI is InChI=1S/C16H10Cl4S2/c17-13-5-3-11(9-15(13)19)21-7-1-2-8-22-12-4-6-14(18)16(20)10-12/h3-6,9-10H,7-8H2. The first kappa shape index (κ1) is 18.2. The Morgan fingerprint density at radius 3 is 1.41 bits per heavy atom. The average Bonchev–Trinajstić information content (AvgIpc) is 2.50. The molecule has 114 valence electrons. The maximum absolute atomic E-state index is 5.96. The Kier molecular flexibility index (Phi) is 7.63. The molecule has 0 aromatic heterocycles. The molecule has 2 rings (SSSR count). The number of halogens is 4. The van der Waals surface area contributed by atoms with E-state index < -0.39 is 0 Å². The fraction of sp³-hybridized carbons (Fsp3) is 0.125. The second-order valence-electron chi connectivity index (χ2n) is 4.08. The van der Waals surface area contributed by atoms with Gasteiger partial charge in [0.05, 0.1) is 31.6 Å². The molecule has 6 heteroatoms. The molecule has 0 amide bonds. The highest BCUT2D eigenvalue weighted by Crippen LogP contribution is 2.28. The van der Waals surface area contributed by atoms with E-state index in [0.29, 0.717) is 31.6 Å². The van der Waals surface area contributed by atoms with Crippen LogP contribution in [0.25, 0.3) is 0 Å². The number of thioether (sulfide) groups is 2. The largest absolute Gasteiger partial charge is 0.113 e. The van der Waals surface area contributed by atoms with Crippen LogP contribution < -0.4 is 0 Å². The fourth-order valence-corrected chi connectivity index (χ4v) is 3.61. The summed E-state index contributed by atoms with van der Waals surface area (Å²) in [5.41, 5.74) is 0. The molecule has 0 atom stereocenters. The van der Waals surface area contributed by atoms with Crippen molar-refractivity contribution >= 4 is 69.9 Å². The molecule has 0 heterocycles. The van der Waals surface area contributed by atoms with Crippen LogP contribution in [0.4, 0.5) is 0 Å². The summed E-state index contributed by atoms with van der Waals surface area (Å²) in [5, 5.41) is 2.26. The van der Waals surface area contributed by atoms with Crippen LogP contribution in [0.15, 0.2) is 46.2 Å². The molecule has 0 saturated carbocycles.